The molecule has 5 heteroatoms. The first-order valence-electron chi connectivity index (χ1n) is 12.0. The van der Waals surface area contributed by atoms with Gasteiger partial charge in [0, 0.05) is 6.04 Å². The van der Waals surface area contributed by atoms with Gasteiger partial charge >= 0.3 is 5.97 Å². The van der Waals surface area contributed by atoms with Gasteiger partial charge in [-0.2, -0.15) is 0 Å². The zero-order valence-corrected chi connectivity index (χ0v) is 19.5. The molecule has 0 aliphatic rings. The number of amides is 1. The SMILES string of the molecule is CCCCCCCCCCCCCCC(O)C(=O)N[C@@H](CC(=O)OC)CC(C)C. The molecular formula is C24H47NO4. The van der Waals surface area contributed by atoms with E-state index in [2.05, 4.69) is 12.2 Å². The molecule has 0 spiro atoms. The molecule has 172 valence electrons. The highest BCUT2D eigenvalue weighted by atomic mass is 16.5. The van der Waals surface area contributed by atoms with Gasteiger partial charge in [0.05, 0.1) is 13.5 Å². The Kier molecular flexibility index (Phi) is 18.2. The summed E-state index contributed by atoms with van der Waals surface area (Å²) in [6.45, 7) is 6.33. The van der Waals surface area contributed by atoms with Crippen molar-refractivity contribution in [1.82, 2.24) is 5.32 Å². The first kappa shape index (κ1) is 27.9. The number of nitrogens with one attached hydrogen (secondary N) is 1. The molecule has 0 saturated heterocycles. The lowest BCUT2D eigenvalue weighted by atomic mass is 10.00. The molecule has 0 fully saturated rings. The zero-order chi connectivity index (χ0) is 21.9. The van der Waals surface area contributed by atoms with Gasteiger partial charge in [0.1, 0.15) is 6.10 Å². The maximum atomic E-state index is 12.2. The summed E-state index contributed by atoms with van der Waals surface area (Å²) in [6, 6.07) is -0.286. The summed E-state index contributed by atoms with van der Waals surface area (Å²) in [4.78, 5) is 23.7. The van der Waals surface area contributed by atoms with Crippen LogP contribution < -0.4 is 5.32 Å². The maximum absolute atomic E-state index is 12.2. The normalized spacial score (nSPS) is 13.3. The number of rotatable bonds is 19. The Morgan fingerprint density at radius 2 is 1.34 bits per heavy atom. The molecule has 1 unspecified atom stereocenters. The van der Waals surface area contributed by atoms with E-state index in [1.807, 2.05) is 13.8 Å². The molecule has 2 atom stereocenters. The van der Waals surface area contributed by atoms with Crippen LogP contribution >= 0.6 is 0 Å². The van der Waals surface area contributed by atoms with E-state index in [-0.39, 0.29) is 24.3 Å². The molecule has 2 N–H and O–H groups in total. The predicted molar refractivity (Wildman–Crippen MR) is 120 cm³/mol. The van der Waals surface area contributed by atoms with Gasteiger partial charge in [0.15, 0.2) is 0 Å². The van der Waals surface area contributed by atoms with Crippen molar-refractivity contribution in [2.24, 2.45) is 5.92 Å². The molecular weight excluding hydrogens is 366 g/mol. The first-order chi connectivity index (χ1) is 13.9. The molecule has 0 aromatic rings. The van der Waals surface area contributed by atoms with E-state index >= 15 is 0 Å². The van der Waals surface area contributed by atoms with E-state index in [4.69, 9.17) is 4.74 Å². The highest BCUT2D eigenvalue weighted by Crippen LogP contribution is 2.14. The van der Waals surface area contributed by atoms with Gasteiger partial charge in [-0.25, -0.2) is 0 Å². The molecule has 0 aromatic heterocycles. The number of hydrogen-bond acceptors (Lipinski definition) is 4. The van der Waals surface area contributed by atoms with Crippen molar-refractivity contribution in [1.29, 1.82) is 0 Å². The summed E-state index contributed by atoms with van der Waals surface area (Å²) in [7, 11) is 1.35. The average molecular weight is 414 g/mol. The monoisotopic (exact) mass is 413 g/mol. The average Bonchev–Trinajstić information content (AvgIpc) is 2.67. The second-order valence-electron chi connectivity index (χ2n) is 8.81. The lowest BCUT2D eigenvalue weighted by Gasteiger charge is -2.21. The van der Waals surface area contributed by atoms with E-state index < -0.39 is 6.10 Å². The summed E-state index contributed by atoms with van der Waals surface area (Å²) in [5.74, 6) is -0.368. The fraction of sp³-hybridized carbons (Fsp3) is 0.917. The Labute approximate surface area is 179 Å². The number of carbonyl (C=O) groups is 2. The Balaban J connectivity index is 3.79. The largest absolute Gasteiger partial charge is 0.469 e. The van der Waals surface area contributed by atoms with Crippen LogP contribution in [0.4, 0.5) is 0 Å². The Hall–Kier alpha value is -1.10. The number of methoxy groups -OCH3 is 1. The number of unbranched alkanes of at least 4 members (excludes halogenated alkanes) is 11. The third kappa shape index (κ3) is 17.5. The molecule has 0 aliphatic carbocycles. The highest BCUT2D eigenvalue weighted by Gasteiger charge is 2.22. The minimum absolute atomic E-state index is 0.145. The molecule has 0 rings (SSSR count). The first-order valence-corrected chi connectivity index (χ1v) is 12.0. The molecule has 0 heterocycles. The standard InChI is InChI=1S/C24H47NO4/c1-5-6-7-8-9-10-11-12-13-14-15-16-17-22(26)24(28)25-21(18-20(2)3)19-23(27)29-4/h20-22,26H,5-19H2,1-4H3,(H,25,28)/t21-,22?/m1/s1. The third-order valence-electron chi connectivity index (χ3n) is 5.38. The van der Waals surface area contributed by atoms with Gasteiger partial charge in [-0.15, -0.1) is 0 Å². The van der Waals surface area contributed by atoms with Crippen LogP contribution in [0.5, 0.6) is 0 Å². The molecule has 0 bridgehead atoms. The minimum atomic E-state index is -0.995. The van der Waals surface area contributed by atoms with E-state index in [1.165, 1.54) is 71.3 Å². The molecule has 0 aromatic carbocycles. The summed E-state index contributed by atoms with van der Waals surface area (Å²) < 4.78 is 4.70. The number of esters is 1. The fourth-order valence-electron chi connectivity index (χ4n) is 3.65. The van der Waals surface area contributed by atoms with E-state index in [0.29, 0.717) is 18.8 Å². The van der Waals surface area contributed by atoms with E-state index in [9.17, 15) is 14.7 Å². The van der Waals surface area contributed by atoms with Gasteiger partial charge in [-0.3, -0.25) is 9.59 Å². The van der Waals surface area contributed by atoms with Crippen LogP contribution in [0.2, 0.25) is 0 Å². The molecule has 0 radical (unpaired) electrons. The van der Waals surface area contributed by atoms with Gasteiger partial charge in [-0.1, -0.05) is 97.8 Å². The summed E-state index contributed by atoms with van der Waals surface area (Å²) in [5.41, 5.74) is 0. The molecule has 1 amide bonds. The summed E-state index contributed by atoms with van der Waals surface area (Å²) in [5, 5.41) is 12.9. The molecule has 5 nitrogen and oxygen atoms in total. The molecule has 29 heavy (non-hydrogen) atoms. The minimum Gasteiger partial charge on any atom is -0.469 e. The van der Waals surface area contributed by atoms with Crippen molar-refractivity contribution >= 4 is 11.9 Å². The van der Waals surface area contributed by atoms with Gasteiger partial charge in [-0.05, 0) is 18.8 Å². The Morgan fingerprint density at radius 1 is 0.862 bits per heavy atom. The second kappa shape index (κ2) is 18.9. The Bertz CT molecular complexity index is 412. The quantitative estimate of drug-likeness (QED) is 0.215. The van der Waals surface area contributed by atoms with Crippen LogP contribution in [0.1, 0.15) is 117 Å². The lowest BCUT2D eigenvalue weighted by molar-refractivity contribution is -0.141. The van der Waals surface area contributed by atoms with E-state index in [0.717, 1.165) is 12.8 Å². The van der Waals surface area contributed by atoms with E-state index in [1.54, 1.807) is 0 Å². The van der Waals surface area contributed by atoms with Gasteiger partial charge in [0.25, 0.3) is 0 Å². The van der Waals surface area contributed by atoms with Crippen LogP contribution in [-0.2, 0) is 14.3 Å². The molecule has 0 aliphatic heterocycles. The lowest BCUT2D eigenvalue weighted by Crippen LogP contribution is -2.43. The van der Waals surface area contributed by atoms with Crippen LogP contribution in [0.25, 0.3) is 0 Å². The van der Waals surface area contributed by atoms with Crippen molar-refractivity contribution in [3.8, 4) is 0 Å². The smallest absolute Gasteiger partial charge is 0.307 e. The number of ether oxygens (including phenoxy) is 1. The van der Waals surface area contributed by atoms with Crippen molar-refractivity contribution < 1.29 is 19.4 Å². The van der Waals surface area contributed by atoms with Crippen molar-refractivity contribution in [2.75, 3.05) is 7.11 Å². The number of hydrogen-bond donors (Lipinski definition) is 2. The van der Waals surface area contributed by atoms with Crippen LogP contribution in [0.15, 0.2) is 0 Å². The second-order valence-corrected chi connectivity index (χ2v) is 8.81. The summed E-state index contributed by atoms with van der Waals surface area (Å²) in [6.07, 6.45) is 15.4. The van der Waals surface area contributed by atoms with Gasteiger partial charge in [0.2, 0.25) is 5.91 Å². The number of aliphatic hydroxyl groups is 1. The topological polar surface area (TPSA) is 75.6 Å². The fourth-order valence-corrected chi connectivity index (χ4v) is 3.65. The van der Waals surface area contributed by atoms with Crippen molar-refractivity contribution in [3.63, 3.8) is 0 Å². The van der Waals surface area contributed by atoms with Crippen molar-refractivity contribution in [3.05, 3.63) is 0 Å². The Morgan fingerprint density at radius 3 is 1.79 bits per heavy atom. The van der Waals surface area contributed by atoms with Crippen LogP contribution in [0, 0.1) is 5.92 Å². The van der Waals surface area contributed by atoms with Crippen LogP contribution in [0.3, 0.4) is 0 Å². The van der Waals surface area contributed by atoms with Gasteiger partial charge < -0.3 is 15.2 Å². The van der Waals surface area contributed by atoms with Crippen LogP contribution in [-0.4, -0.2) is 36.2 Å². The molecule has 0 saturated carbocycles. The number of aliphatic hydroxyl groups excluding tert-OH is 1. The highest BCUT2D eigenvalue weighted by molar-refractivity contribution is 5.81. The summed E-state index contributed by atoms with van der Waals surface area (Å²) >= 11 is 0. The zero-order valence-electron chi connectivity index (χ0n) is 19.5. The van der Waals surface area contributed by atoms with Crippen molar-refractivity contribution in [2.45, 2.75) is 129 Å². The number of carbonyl (C=O) groups excluding carboxylic acids is 2. The third-order valence-corrected chi connectivity index (χ3v) is 5.38. The maximum Gasteiger partial charge on any atom is 0.307 e. The predicted octanol–water partition coefficient (Wildman–Crippen LogP) is 5.53.